The Morgan fingerprint density at radius 2 is 2.05 bits per heavy atom. The zero-order valence-corrected chi connectivity index (χ0v) is 13.0. The van der Waals surface area contributed by atoms with E-state index in [-0.39, 0.29) is 18.0 Å². The quantitative estimate of drug-likeness (QED) is 0.714. The highest BCUT2D eigenvalue weighted by molar-refractivity contribution is 7.89. The van der Waals surface area contributed by atoms with Gasteiger partial charge in [-0.25, -0.2) is 12.7 Å². The number of nitrogens with zero attached hydrogens (tertiary/aromatic N) is 3. The molecule has 8 nitrogen and oxygen atoms in total. The van der Waals surface area contributed by atoms with Crippen LogP contribution in [-0.2, 0) is 23.5 Å². The van der Waals surface area contributed by atoms with Crippen molar-refractivity contribution in [2.75, 3.05) is 32.1 Å². The Labute approximate surface area is 119 Å². The predicted octanol–water partition coefficient (Wildman–Crippen LogP) is -0.814. The number of nitrogens with one attached hydrogen (secondary N) is 1. The number of aromatic nitrogens is 2. The molecule has 20 heavy (non-hydrogen) atoms. The van der Waals surface area contributed by atoms with E-state index >= 15 is 0 Å². The molecule has 1 aromatic heterocycles. The topological polar surface area (TPSA) is 110 Å². The van der Waals surface area contributed by atoms with Gasteiger partial charge in [0.1, 0.15) is 5.69 Å². The third-order valence-corrected chi connectivity index (χ3v) is 4.74. The summed E-state index contributed by atoms with van der Waals surface area (Å²) in [5.41, 5.74) is 7.09. The van der Waals surface area contributed by atoms with Gasteiger partial charge in [-0.05, 0) is 6.42 Å². The Bertz CT molecular complexity index is 591. The number of aryl methyl sites for hydroxylation is 2. The van der Waals surface area contributed by atoms with Crippen molar-refractivity contribution in [3.8, 4) is 0 Å². The molecule has 0 aliphatic carbocycles. The summed E-state index contributed by atoms with van der Waals surface area (Å²) in [5.74, 6) is -0.587. The molecular formula is C11H21N5O3S. The van der Waals surface area contributed by atoms with Crippen LogP contribution >= 0.6 is 0 Å². The van der Waals surface area contributed by atoms with Crippen molar-refractivity contribution in [2.24, 2.45) is 7.05 Å². The summed E-state index contributed by atoms with van der Waals surface area (Å²) in [6.45, 7) is 1.91. The van der Waals surface area contributed by atoms with Crippen molar-refractivity contribution in [1.82, 2.24) is 19.4 Å². The third kappa shape index (κ3) is 3.48. The Morgan fingerprint density at radius 1 is 1.45 bits per heavy atom. The summed E-state index contributed by atoms with van der Waals surface area (Å²) in [7, 11) is 1.19. The molecule has 0 atom stereocenters. The molecule has 1 amide bonds. The Morgan fingerprint density at radius 3 is 2.50 bits per heavy atom. The van der Waals surface area contributed by atoms with Crippen LogP contribution < -0.4 is 11.1 Å². The SMILES string of the molecule is CCc1nn(C)c(C(=O)NCCS(=O)(=O)N(C)C)c1N. The highest BCUT2D eigenvalue weighted by atomic mass is 32.2. The molecule has 0 spiro atoms. The summed E-state index contributed by atoms with van der Waals surface area (Å²) >= 11 is 0. The Balaban J connectivity index is 2.72. The van der Waals surface area contributed by atoms with Gasteiger partial charge in [0.2, 0.25) is 10.0 Å². The van der Waals surface area contributed by atoms with Gasteiger partial charge in [-0.1, -0.05) is 6.92 Å². The maximum absolute atomic E-state index is 12.0. The molecule has 0 bridgehead atoms. The van der Waals surface area contributed by atoms with E-state index in [4.69, 9.17) is 5.73 Å². The van der Waals surface area contributed by atoms with E-state index in [1.807, 2.05) is 6.92 Å². The van der Waals surface area contributed by atoms with Crippen LogP contribution in [0, 0.1) is 0 Å². The van der Waals surface area contributed by atoms with E-state index in [0.29, 0.717) is 17.8 Å². The van der Waals surface area contributed by atoms with Gasteiger partial charge in [0.25, 0.3) is 5.91 Å². The Hall–Kier alpha value is -1.61. The van der Waals surface area contributed by atoms with Crippen molar-refractivity contribution in [2.45, 2.75) is 13.3 Å². The number of hydrogen-bond donors (Lipinski definition) is 2. The van der Waals surface area contributed by atoms with E-state index in [9.17, 15) is 13.2 Å². The first-order valence-corrected chi connectivity index (χ1v) is 7.81. The largest absolute Gasteiger partial charge is 0.395 e. The van der Waals surface area contributed by atoms with Gasteiger partial charge in [-0.15, -0.1) is 0 Å². The fourth-order valence-corrected chi connectivity index (χ4v) is 2.41. The predicted molar refractivity (Wildman–Crippen MR) is 76.8 cm³/mol. The molecule has 1 rings (SSSR count). The van der Waals surface area contributed by atoms with Crippen LogP contribution in [0.15, 0.2) is 0 Å². The van der Waals surface area contributed by atoms with Gasteiger partial charge in [0.05, 0.1) is 17.1 Å². The number of hydrogen-bond acceptors (Lipinski definition) is 5. The molecule has 0 aliphatic rings. The summed E-state index contributed by atoms with van der Waals surface area (Å²) < 4.78 is 25.7. The van der Waals surface area contributed by atoms with Gasteiger partial charge in [0, 0.05) is 27.7 Å². The minimum Gasteiger partial charge on any atom is -0.395 e. The van der Waals surface area contributed by atoms with E-state index in [2.05, 4.69) is 10.4 Å². The maximum Gasteiger partial charge on any atom is 0.271 e. The normalized spacial score (nSPS) is 11.8. The van der Waals surface area contributed by atoms with Gasteiger partial charge in [0.15, 0.2) is 0 Å². The first-order chi connectivity index (χ1) is 9.20. The van der Waals surface area contributed by atoms with E-state index < -0.39 is 15.9 Å². The summed E-state index contributed by atoms with van der Waals surface area (Å²) in [4.78, 5) is 12.0. The maximum atomic E-state index is 12.0. The second kappa shape index (κ2) is 6.23. The molecule has 0 saturated heterocycles. The molecule has 9 heteroatoms. The first kappa shape index (κ1) is 16.4. The van der Waals surface area contributed by atoms with Gasteiger partial charge in [-0.2, -0.15) is 5.10 Å². The lowest BCUT2D eigenvalue weighted by atomic mass is 10.2. The van der Waals surface area contributed by atoms with Crippen LogP contribution in [0.4, 0.5) is 5.69 Å². The highest BCUT2D eigenvalue weighted by Crippen LogP contribution is 2.16. The van der Waals surface area contributed by atoms with Gasteiger partial charge < -0.3 is 11.1 Å². The van der Waals surface area contributed by atoms with E-state index in [0.717, 1.165) is 4.31 Å². The molecule has 3 N–H and O–H groups in total. The number of carbonyl (C=O) groups excluding carboxylic acids is 1. The van der Waals surface area contributed by atoms with E-state index in [1.54, 1.807) is 7.05 Å². The van der Waals surface area contributed by atoms with Crippen LogP contribution in [0.1, 0.15) is 23.1 Å². The number of nitrogens with two attached hydrogens (primary N) is 1. The van der Waals surface area contributed by atoms with Crippen molar-refractivity contribution >= 4 is 21.6 Å². The molecule has 0 radical (unpaired) electrons. The fourth-order valence-electron chi connectivity index (χ4n) is 1.69. The molecule has 1 heterocycles. The zero-order chi connectivity index (χ0) is 15.5. The number of rotatable bonds is 6. The molecule has 114 valence electrons. The number of carbonyl (C=O) groups is 1. The molecule has 0 unspecified atom stereocenters. The lowest BCUT2D eigenvalue weighted by Gasteiger charge is -2.11. The van der Waals surface area contributed by atoms with E-state index in [1.165, 1.54) is 18.8 Å². The average molecular weight is 303 g/mol. The lowest BCUT2D eigenvalue weighted by molar-refractivity contribution is 0.0947. The first-order valence-electron chi connectivity index (χ1n) is 6.20. The standard InChI is InChI=1S/C11H21N5O3S/c1-5-8-9(12)10(16(4)14-8)11(17)13-6-7-20(18,19)15(2)3/h5-7,12H2,1-4H3,(H,13,17). The molecule has 0 saturated carbocycles. The van der Waals surface area contributed by atoms with Crippen LogP contribution in [0.5, 0.6) is 0 Å². The van der Waals surface area contributed by atoms with Crippen LogP contribution in [0.2, 0.25) is 0 Å². The lowest BCUT2D eigenvalue weighted by Crippen LogP contribution is -2.34. The third-order valence-electron chi connectivity index (χ3n) is 2.91. The smallest absolute Gasteiger partial charge is 0.271 e. The van der Waals surface area contributed by atoms with Crippen molar-refractivity contribution in [3.05, 3.63) is 11.4 Å². The number of amides is 1. The number of anilines is 1. The molecule has 0 aromatic carbocycles. The second-order valence-electron chi connectivity index (χ2n) is 4.54. The second-order valence-corrected chi connectivity index (χ2v) is 6.84. The van der Waals surface area contributed by atoms with Crippen molar-refractivity contribution in [3.63, 3.8) is 0 Å². The summed E-state index contributed by atoms with van der Waals surface area (Å²) in [6.07, 6.45) is 0.627. The van der Waals surface area contributed by atoms with Crippen LogP contribution in [0.3, 0.4) is 0 Å². The minimum absolute atomic E-state index is 0.0193. The zero-order valence-electron chi connectivity index (χ0n) is 12.2. The minimum atomic E-state index is -3.33. The van der Waals surface area contributed by atoms with Gasteiger partial charge >= 0.3 is 0 Å². The highest BCUT2D eigenvalue weighted by Gasteiger charge is 2.20. The van der Waals surface area contributed by atoms with Crippen molar-refractivity contribution < 1.29 is 13.2 Å². The Kier molecular flexibility index (Phi) is 5.12. The molecule has 0 aliphatic heterocycles. The van der Waals surface area contributed by atoms with Crippen LogP contribution in [0.25, 0.3) is 0 Å². The molecular weight excluding hydrogens is 282 g/mol. The fraction of sp³-hybridized carbons (Fsp3) is 0.636. The van der Waals surface area contributed by atoms with Crippen LogP contribution in [-0.4, -0.2) is 54.8 Å². The van der Waals surface area contributed by atoms with Crippen molar-refractivity contribution in [1.29, 1.82) is 0 Å². The summed E-state index contributed by atoms with van der Waals surface area (Å²) in [5, 5.41) is 6.68. The van der Waals surface area contributed by atoms with Gasteiger partial charge in [-0.3, -0.25) is 9.48 Å². The number of nitrogen functional groups attached to an aromatic ring is 1. The average Bonchev–Trinajstić information content (AvgIpc) is 2.63. The monoisotopic (exact) mass is 303 g/mol. The number of sulfonamides is 1. The molecule has 1 aromatic rings. The summed E-state index contributed by atoms with van der Waals surface area (Å²) in [6, 6.07) is 0. The molecule has 0 fully saturated rings.